The van der Waals surface area contributed by atoms with Crippen molar-refractivity contribution in [2.75, 3.05) is 4.90 Å². The lowest BCUT2D eigenvalue weighted by Crippen LogP contribution is -2.32. The Morgan fingerprint density at radius 1 is 0.388 bits per heavy atom. The van der Waals surface area contributed by atoms with Gasteiger partial charge in [0.05, 0.1) is 0 Å². The molecule has 10 aromatic carbocycles. The molecular formula is C66H51N. The lowest BCUT2D eigenvalue weighted by atomic mass is 9.67. The minimum Gasteiger partial charge on any atom is -0.310 e. The molecule has 4 aliphatic carbocycles. The van der Waals surface area contributed by atoms with Crippen molar-refractivity contribution in [2.45, 2.75) is 50.4 Å². The van der Waals surface area contributed by atoms with Crippen LogP contribution in [-0.2, 0) is 10.8 Å². The van der Waals surface area contributed by atoms with Gasteiger partial charge in [-0.25, -0.2) is 0 Å². The van der Waals surface area contributed by atoms with Crippen LogP contribution in [0.4, 0.5) is 17.1 Å². The van der Waals surface area contributed by atoms with E-state index in [0.29, 0.717) is 5.92 Å². The van der Waals surface area contributed by atoms with E-state index in [1.807, 2.05) is 0 Å². The minimum atomic E-state index is -0.105. The highest BCUT2D eigenvalue weighted by Gasteiger charge is 2.56. The molecule has 1 heteroatoms. The zero-order valence-corrected chi connectivity index (χ0v) is 38.1. The molecule has 2 fully saturated rings. The highest BCUT2D eigenvalue weighted by atomic mass is 15.1. The van der Waals surface area contributed by atoms with E-state index < -0.39 is 0 Å². The van der Waals surface area contributed by atoms with Crippen molar-refractivity contribution in [1.82, 2.24) is 0 Å². The summed E-state index contributed by atoms with van der Waals surface area (Å²) >= 11 is 0. The van der Waals surface area contributed by atoms with Gasteiger partial charge in [0, 0.05) is 27.9 Å². The minimum absolute atomic E-state index is 0.100. The molecule has 10 aromatic rings. The van der Waals surface area contributed by atoms with Crippen LogP contribution in [0.3, 0.4) is 0 Å². The third-order valence-corrected chi connectivity index (χ3v) is 16.7. The largest absolute Gasteiger partial charge is 0.310 e. The molecule has 2 saturated carbocycles. The summed E-state index contributed by atoms with van der Waals surface area (Å²) in [4.78, 5) is 2.50. The molecule has 0 N–H and O–H groups in total. The van der Waals surface area contributed by atoms with Crippen molar-refractivity contribution in [2.24, 2.45) is 11.8 Å². The molecule has 3 atom stereocenters. The number of hydrogen-bond acceptors (Lipinski definition) is 1. The van der Waals surface area contributed by atoms with Crippen LogP contribution in [0.1, 0.15) is 61.8 Å². The molecule has 1 nitrogen and oxygen atoms in total. The van der Waals surface area contributed by atoms with E-state index in [1.165, 1.54) is 125 Å². The van der Waals surface area contributed by atoms with E-state index in [1.54, 1.807) is 5.56 Å². The van der Waals surface area contributed by atoms with E-state index in [0.717, 1.165) is 17.3 Å². The predicted molar refractivity (Wildman–Crippen MR) is 282 cm³/mol. The van der Waals surface area contributed by atoms with Crippen LogP contribution in [0.25, 0.3) is 77.2 Å². The first kappa shape index (κ1) is 38.8. The van der Waals surface area contributed by atoms with Crippen molar-refractivity contribution in [1.29, 1.82) is 0 Å². The van der Waals surface area contributed by atoms with Crippen molar-refractivity contribution in [3.8, 4) is 55.6 Å². The molecule has 0 radical (unpaired) electrons. The number of rotatable bonds is 6. The maximum Gasteiger partial charge on any atom is 0.0465 e. The van der Waals surface area contributed by atoms with Gasteiger partial charge >= 0.3 is 0 Å². The van der Waals surface area contributed by atoms with E-state index in [2.05, 4.69) is 231 Å². The molecule has 4 aliphatic rings. The molecule has 3 unspecified atom stereocenters. The van der Waals surface area contributed by atoms with Gasteiger partial charge in [-0.3, -0.25) is 0 Å². The molecule has 0 aliphatic heterocycles. The smallest absolute Gasteiger partial charge is 0.0465 e. The van der Waals surface area contributed by atoms with Gasteiger partial charge < -0.3 is 4.90 Å². The lowest BCUT2D eigenvalue weighted by molar-refractivity contribution is 0.327. The summed E-state index contributed by atoms with van der Waals surface area (Å²) < 4.78 is 0. The zero-order chi connectivity index (χ0) is 44.4. The molecule has 14 rings (SSSR count). The molecule has 0 heterocycles. The van der Waals surface area contributed by atoms with Gasteiger partial charge in [0.2, 0.25) is 0 Å². The number of hydrogen-bond donors (Lipinski definition) is 0. The highest BCUT2D eigenvalue weighted by Crippen LogP contribution is 2.66. The lowest BCUT2D eigenvalue weighted by Gasteiger charge is -2.37. The Kier molecular flexibility index (Phi) is 8.39. The maximum absolute atomic E-state index is 2.58. The van der Waals surface area contributed by atoms with Crippen molar-refractivity contribution >= 4 is 38.6 Å². The van der Waals surface area contributed by atoms with Crippen molar-refractivity contribution in [3.05, 3.63) is 235 Å². The van der Waals surface area contributed by atoms with Crippen LogP contribution in [0.5, 0.6) is 0 Å². The Labute approximate surface area is 394 Å². The summed E-state index contributed by atoms with van der Waals surface area (Å²) in [5, 5.41) is 5.14. The Morgan fingerprint density at radius 2 is 0.955 bits per heavy atom. The van der Waals surface area contributed by atoms with Gasteiger partial charge in [-0.1, -0.05) is 190 Å². The molecule has 0 saturated heterocycles. The van der Waals surface area contributed by atoms with Crippen LogP contribution in [-0.4, -0.2) is 0 Å². The Hall–Kier alpha value is -7.48. The summed E-state index contributed by atoms with van der Waals surface area (Å²) in [6.45, 7) is 4.78. The Morgan fingerprint density at radius 3 is 1.70 bits per heavy atom. The zero-order valence-electron chi connectivity index (χ0n) is 38.1. The van der Waals surface area contributed by atoms with Crippen LogP contribution in [0, 0.1) is 11.8 Å². The third kappa shape index (κ3) is 5.67. The summed E-state index contributed by atoms with van der Waals surface area (Å²) in [5.74, 6) is 1.52. The Balaban J connectivity index is 0.882. The van der Waals surface area contributed by atoms with E-state index >= 15 is 0 Å². The molecule has 2 bridgehead atoms. The van der Waals surface area contributed by atoms with E-state index in [4.69, 9.17) is 0 Å². The first-order chi connectivity index (χ1) is 32.9. The number of fused-ring (bicyclic) bond motifs is 14. The standard InChI is InChI=1S/C66H51N/c1-65(2)61-20-9-7-17-57(61)60-19-11-18-59(64(60)65)55-15-6-5-14-53(55)45-27-33-50(34-28-45)67(49-31-25-43(26-32-49)46-29-36-54-47(39-46)24-23-44-12-3-4-13-52(44)54)51-35-37-58-56-16-8-10-21-62(56)66(63(58)40-51)41-42-22-30-48(66)38-42/h3-21,23-29,31-37,39-40,42,48H,22,30,38,41H2,1-2H3. The summed E-state index contributed by atoms with van der Waals surface area (Å²) in [5.41, 5.74) is 22.5. The Bertz CT molecular complexity index is 3630. The molecular weight excluding hydrogens is 807 g/mol. The fraction of sp³-hybridized carbons (Fsp3) is 0.152. The average molecular weight is 858 g/mol. The third-order valence-electron chi connectivity index (χ3n) is 16.7. The van der Waals surface area contributed by atoms with E-state index in [-0.39, 0.29) is 10.8 Å². The normalized spacial score (nSPS) is 19.1. The second-order valence-corrected chi connectivity index (χ2v) is 20.4. The molecule has 0 aromatic heterocycles. The summed E-state index contributed by atoms with van der Waals surface area (Å²) in [6, 6.07) is 80.4. The number of anilines is 3. The SMILES string of the molecule is CC1(C)c2ccccc2-c2cccc(-c3ccccc3-c3ccc(N(c4ccc(-c5ccc6c(ccc7ccccc76)c5)cc4)c4ccc5c(c4)C4(CC6CCC4C6)c4ccccc4-5)cc3)c21. The summed E-state index contributed by atoms with van der Waals surface area (Å²) in [6.07, 6.45) is 5.33. The van der Waals surface area contributed by atoms with Crippen molar-refractivity contribution in [3.63, 3.8) is 0 Å². The quantitative estimate of drug-likeness (QED) is 0.151. The molecule has 1 spiro atoms. The predicted octanol–water partition coefficient (Wildman–Crippen LogP) is 17.9. The van der Waals surface area contributed by atoms with Crippen LogP contribution >= 0.6 is 0 Å². The highest BCUT2D eigenvalue weighted by molar-refractivity contribution is 6.08. The van der Waals surface area contributed by atoms with Gasteiger partial charge in [0.15, 0.2) is 0 Å². The van der Waals surface area contributed by atoms with Gasteiger partial charge in [0.25, 0.3) is 0 Å². The second-order valence-electron chi connectivity index (χ2n) is 20.4. The van der Waals surface area contributed by atoms with Crippen LogP contribution < -0.4 is 4.90 Å². The van der Waals surface area contributed by atoms with Gasteiger partial charge in [-0.15, -0.1) is 0 Å². The second kappa shape index (κ2) is 14.5. The fourth-order valence-corrected chi connectivity index (χ4v) is 13.8. The van der Waals surface area contributed by atoms with Crippen molar-refractivity contribution < 1.29 is 0 Å². The molecule has 67 heavy (non-hydrogen) atoms. The van der Waals surface area contributed by atoms with Gasteiger partial charge in [0.1, 0.15) is 0 Å². The monoisotopic (exact) mass is 857 g/mol. The first-order valence-corrected chi connectivity index (χ1v) is 24.4. The fourth-order valence-electron chi connectivity index (χ4n) is 13.8. The van der Waals surface area contributed by atoms with Gasteiger partial charge in [-0.2, -0.15) is 0 Å². The number of nitrogens with zero attached hydrogens (tertiary/aromatic N) is 1. The summed E-state index contributed by atoms with van der Waals surface area (Å²) in [7, 11) is 0. The van der Waals surface area contributed by atoms with Crippen LogP contribution in [0.15, 0.2) is 212 Å². The number of benzene rings is 10. The first-order valence-electron chi connectivity index (χ1n) is 24.4. The average Bonchev–Trinajstić information content (AvgIpc) is 4.14. The maximum atomic E-state index is 2.58. The van der Waals surface area contributed by atoms with Gasteiger partial charge in [-0.05, 0) is 173 Å². The topological polar surface area (TPSA) is 3.24 Å². The molecule has 0 amide bonds. The molecule has 320 valence electrons. The van der Waals surface area contributed by atoms with Crippen LogP contribution in [0.2, 0.25) is 0 Å². The van der Waals surface area contributed by atoms with E-state index in [9.17, 15) is 0 Å².